The van der Waals surface area contributed by atoms with Gasteiger partial charge in [0.1, 0.15) is 0 Å². The van der Waals surface area contributed by atoms with Crippen LogP contribution in [0.2, 0.25) is 5.02 Å². The molecule has 3 rings (SSSR count). The van der Waals surface area contributed by atoms with Gasteiger partial charge in [-0.15, -0.1) is 0 Å². The van der Waals surface area contributed by atoms with Crippen LogP contribution in [0.15, 0.2) is 34.8 Å². The van der Waals surface area contributed by atoms with Crippen molar-refractivity contribution in [3.63, 3.8) is 0 Å². The van der Waals surface area contributed by atoms with Crippen LogP contribution in [0.25, 0.3) is 0 Å². The summed E-state index contributed by atoms with van der Waals surface area (Å²) in [6.45, 7) is 0. The first-order valence-electron chi connectivity index (χ1n) is 5.98. The Morgan fingerprint density at radius 3 is 2.90 bits per heavy atom. The normalized spacial score (nSPS) is 13.0. The molecule has 20 heavy (non-hydrogen) atoms. The van der Waals surface area contributed by atoms with Crippen LogP contribution in [0.5, 0.6) is 0 Å². The van der Waals surface area contributed by atoms with Crippen LogP contribution in [0.1, 0.15) is 5.56 Å². The molecule has 1 heterocycles. The third-order valence-corrected chi connectivity index (χ3v) is 4.52. The maximum Gasteiger partial charge on any atom is 0.228 e. The number of hydrogen-bond donors (Lipinski definition) is 3. The molecule has 0 aliphatic carbocycles. The maximum absolute atomic E-state index is 11.4. The van der Waals surface area contributed by atoms with Gasteiger partial charge in [-0.2, -0.15) is 0 Å². The summed E-state index contributed by atoms with van der Waals surface area (Å²) in [7, 11) is 0. The summed E-state index contributed by atoms with van der Waals surface area (Å²) >= 11 is 9.49. The van der Waals surface area contributed by atoms with Gasteiger partial charge in [0.2, 0.25) is 5.91 Å². The fourth-order valence-corrected chi connectivity index (χ4v) is 2.69. The number of benzene rings is 2. The van der Waals surface area contributed by atoms with Crippen molar-refractivity contribution in [2.24, 2.45) is 0 Å². The van der Waals surface area contributed by atoms with Crippen molar-refractivity contribution in [3.8, 4) is 0 Å². The highest BCUT2D eigenvalue weighted by atomic mass is 79.9. The molecule has 0 saturated heterocycles. The molecule has 0 atom stereocenters. The van der Waals surface area contributed by atoms with Crippen LogP contribution in [-0.4, -0.2) is 5.91 Å². The molecule has 102 valence electrons. The molecule has 0 fully saturated rings. The minimum atomic E-state index is -0.0134. The highest BCUT2D eigenvalue weighted by Gasteiger charge is 2.19. The first-order valence-corrected chi connectivity index (χ1v) is 7.15. The highest BCUT2D eigenvalue weighted by Crippen LogP contribution is 2.36. The fourth-order valence-electron chi connectivity index (χ4n) is 2.15. The largest absolute Gasteiger partial charge is 0.397 e. The van der Waals surface area contributed by atoms with Gasteiger partial charge in [0.15, 0.2) is 0 Å². The van der Waals surface area contributed by atoms with Gasteiger partial charge in [-0.3, -0.25) is 4.79 Å². The molecule has 0 bridgehead atoms. The summed E-state index contributed by atoms with van der Waals surface area (Å²) in [6, 6.07) is 9.18. The predicted molar refractivity (Wildman–Crippen MR) is 85.6 cm³/mol. The van der Waals surface area contributed by atoms with Gasteiger partial charge >= 0.3 is 0 Å². The van der Waals surface area contributed by atoms with Crippen molar-refractivity contribution in [2.75, 3.05) is 16.4 Å². The summed E-state index contributed by atoms with van der Waals surface area (Å²) in [5.41, 5.74) is 9.87. The average molecular weight is 353 g/mol. The van der Waals surface area contributed by atoms with Gasteiger partial charge in [0, 0.05) is 5.69 Å². The lowest BCUT2D eigenvalue weighted by atomic mass is 10.1. The third-order valence-electron chi connectivity index (χ3n) is 3.12. The van der Waals surface area contributed by atoms with Gasteiger partial charge in [-0.25, -0.2) is 0 Å². The molecule has 0 aromatic heterocycles. The van der Waals surface area contributed by atoms with Crippen LogP contribution in [0.3, 0.4) is 0 Å². The van der Waals surface area contributed by atoms with Crippen molar-refractivity contribution in [2.45, 2.75) is 6.42 Å². The number of amides is 1. The quantitative estimate of drug-likeness (QED) is 0.718. The van der Waals surface area contributed by atoms with Crippen molar-refractivity contribution in [1.29, 1.82) is 0 Å². The number of carbonyl (C=O) groups is 1. The lowest BCUT2D eigenvalue weighted by molar-refractivity contribution is -0.115. The van der Waals surface area contributed by atoms with E-state index in [1.165, 1.54) is 0 Å². The minimum Gasteiger partial charge on any atom is -0.397 e. The monoisotopic (exact) mass is 351 g/mol. The van der Waals surface area contributed by atoms with Crippen molar-refractivity contribution in [1.82, 2.24) is 0 Å². The topological polar surface area (TPSA) is 67.2 Å². The van der Waals surface area contributed by atoms with Crippen molar-refractivity contribution in [3.05, 3.63) is 45.4 Å². The van der Waals surface area contributed by atoms with Gasteiger partial charge < -0.3 is 16.4 Å². The molecule has 6 heteroatoms. The van der Waals surface area contributed by atoms with Gasteiger partial charge in [-0.1, -0.05) is 17.7 Å². The summed E-state index contributed by atoms with van der Waals surface area (Å²) in [5, 5.41) is 6.64. The first-order chi connectivity index (χ1) is 9.54. The Morgan fingerprint density at radius 1 is 1.30 bits per heavy atom. The molecule has 1 aliphatic heterocycles. The van der Waals surface area contributed by atoms with E-state index >= 15 is 0 Å². The van der Waals surface area contributed by atoms with Crippen LogP contribution < -0.4 is 16.4 Å². The highest BCUT2D eigenvalue weighted by molar-refractivity contribution is 9.10. The Bertz CT molecular complexity index is 718. The summed E-state index contributed by atoms with van der Waals surface area (Å²) < 4.78 is 0.769. The number of fused-ring (bicyclic) bond motifs is 1. The number of anilines is 4. The molecular weight excluding hydrogens is 342 g/mol. The number of nitrogen functional groups attached to an aromatic ring is 1. The van der Waals surface area contributed by atoms with Gasteiger partial charge in [-0.05, 0) is 45.8 Å². The smallest absolute Gasteiger partial charge is 0.228 e. The molecule has 0 unspecified atom stereocenters. The second kappa shape index (κ2) is 5.00. The Morgan fingerprint density at radius 2 is 2.10 bits per heavy atom. The van der Waals surface area contributed by atoms with E-state index in [9.17, 15) is 4.79 Å². The first kappa shape index (κ1) is 13.3. The summed E-state index contributed by atoms with van der Waals surface area (Å²) in [4.78, 5) is 11.4. The van der Waals surface area contributed by atoms with E-state index in [0.717, 1.165) is 27.1 Å². The number of nitrogens with one attached hydrogen (secondary N) is 2. The average Bonchev–Trinajstić information content (AvgIpc) is 2.74. The zero-order valence-electron chi connectivity index (χ0n) is 10.3. The van der Waals surface area contributed by atoms with Crippen molar-refractivity contribution < 1.29 is 4.79 Å². The number of hydrogen-bond acceptors (Lipinski definition) is 3. The lowest BCUT2D eigenvalue weighted by Gasteiger charge is -2.13. The van der Waals surface area contributed by atoms with Crippen LogP contribution in [0.4, 0.5) is 22.7 Å². The standard InChI is InChI=1S/C14H11BrClN3O/c15-14-8(16)2-1-3-10(14)18-12-6-11-7(4-9(12)17)5-13(20)19-11/h1-4,6,18H,5,17H2,(H,19,20). The number of rotatable bonds is 2. The summed E-state index contributed by atoms with van der Waals surface area (Å²) in [6.07, 6.45) is 0.376. The van der Waals surface area contributed by atoms with E-state index in [1.54, 1.807) is 6.07 Å². The Labute approximate surface area is 129 Å². The second-order valence-corrected chi connectivity index (χ2v) is 5.75. The van der Waals surface area contributed by atoms with Gasteiger partial charge in [0.05, 0.1) is 33.0 Å². The van der Waals surface area contributed by atoms with E-state index in [-0.39, 0.29) is 5.91 Å². The Hall–Kier alpha value is -1.72. The molecule has 2 aromatic rings. The number of halogens is 2. The molecule has 1 amide bonds. The zero-order chi connectivity index (χ0) is 14.3. The number of carbonyl (C=O) groups excluding carboxylic acids is 1. The van der Waals surface area contributed by atoms with E-state index in [1.807, 2.05) is 24.3 Å². The maximum atomic E-state index is 11.4. The Balaban J connectivity index is 1.98. The predicted octanol–water partition coefficient (Wildman–Crippen LogP) is 3.92. The van der Waals surface area contributed by atoms with Gasteiger partial charge in [0.25, 0.3) is 0 Å². The van der Waals surface area contributed by atoms with E-state index in [0.29, 0.717) is 17.1 Å². The van der Waals surface area contributed by atoms with Crippen molar-refractivity contribution >= 4 is 56.2 Å². The van der Waals surface area contributed by atoms with Crippen LogP contribution in [0, 0.1) is 0 Å². The molecular formula is C14H11BrClN3O. The van der Waals surface area contributed by atoms with Crippen LogP contribution in [-0.2, 0) is 11.2 Å². The molecule has 4 nitrogen and oxygen atoms in total. The molecule has 4 N–H and O–H groups in total. The zero-order valence-corrected chi connectivity index (χ0v) is 12.7. The third kappa shape index (κ3) is 2.34. The molecule has 0 radical (unpaired) electrons. The molecule has 0 spiro atoms. The van der Waals surface area contributed by atoms with E-state index in [4.69, 9.17) is 17.3 Å². The lowest BCUT2D eigenvalue weighted by Crippen LogP contribution is -2.03. The minimum absolute atomic E-state index is 0.0134. The van der Waals surface area contributed by atoms with Crippen LogP contribution >= 0.6 is 27.5 Å². The summed E-state index contributed by atoms with van der Waals surface area (Å²) in [5.74, 6) is -0.0134. The van der Waals surface area contributed by atoms with E-state index in [2.05, 4.69) is 26.6 Å². The van der Waals surface area contributed by atoms with E-state index < -0.39 is 0 Å². The molecule has 0 saturated carbocycles. The Kier molecular flexibility index (Phi) is 3.31. The molecule has 2 aromatic carbocycles. The SMILES string of the molecule is Nc1cc2c(cc1Nc1cccc(Cl)c1Br)NC(=O)C2. The molecule has 1 aliphatic rings. The fraction of sp³-hybridized carbons (Fsp3) is 0.0714. The number of nitrogens with two attached hydrogens (primary N) is 1. The second-order valence-electron chi connectivity index (χ2n) is 4.55.